The van der Waals surface area contributed by atoms with E-state index in [9.17, 15) is 9.90 Å². The van der Waals surface area contributed by atoms with Crippen LogP contribution in [0.1, 0.15) is 10.4 Å². The molecule has 2 aromatic carbocycles. The van der Waals surface area contributed by atoms with Gasteiger partial charge < -0.3 is 20.8 Å². The summed E-state index contributed by atoms with van der Waals surface area (Å²) in [4.78, 5) is 10.9. The van der Waals surface area contributed by atoms with Gasteiger partial charge in [0, 0.05) is 11.4 Å². The number of aromatic carboxylic acids is 1. The third kappa shape index (κ3) is 3.46. The fourth-order valence-corrected chi connectivity index (χ4v) is 1.84. The molecule has 0 saturated carbocycles. The minimum atomic E-state index is -1.20. The van der Waals surface area contributed by atoms with Gasteiger partial charge in [-0.3, -0.25) is 0 Å². The van der Waals surface area contributed by atoms with Crippen molar-refractivity contribution in [3.63, 3.8) is 0 Å². The molecule has 0 unspecified atom stereocenters. The molecule has 0 aromatic heterocycles. The lowest BCUT2D eigenvalue weighted by molar-refractivity contribution is 0.0694. The molecule has 0 fully saturated rings. The molecule has 20 heavy (non-hydrogen) atoms. The third-order valence-corrected chi connectivity index (χ3v) is 2.72. The van der Waals surface area contributed by atoms with Crippen LogP contribution in [0.15, 0.2) is 48.5 Å². The Hall–Kier alpha value is -2.60. The maximum atomic E-state index is 10.9. The van der Waals surface area contributed by atoms with Gasteiger partial charge in [0.1, 0.15) is 11.3 Å². The SMILES string of the molecule is O=C(O)c1cc(NC(=S)Nc2ccccc2)ccc1O. The molecule has 2 aromatic rings. The quantitative estimate of drug-likeness (QED) is 0.513. The second-order valence-electron chi connectivity index (χ2n) is 3.98. The number of para-hydroxylation sites is 1. The van der Waals surface area contributed by atoms with E-state index in [4.69, 9.17) is 17.3 Å². The number of anilines is 2. The molecule has 0 amide bonds. The van der Waals surface area contributed by atoms with Crippen molar-refractivity contribution in [3.8, 4) is 5.75 Å². The average Bonchev–Trinajstić information content (AvgIpc) is 2.41. The van der Waals surface area contributed by atoms with Crippen LogP contribution in [0.25, 0.3) is 0 Å². The van der Waals surface area contributed by atoms with Crippen molar-refractivity contribution in [2.24, 2.45) is 0 Å². The fourth-order valence-electron chi connectivity index (χ4n) is 1.60. The Balaban J connectivity index is 2.08. The normalized spacial score (nSPS) is 9.80. The molecule has 0 aliphatic rings. The monoisotopic (exact) mass is 288 g/mol. The van der Waals surface area contributed by atoms with E-state index >= 15 is 0 Å². The molecule has 0 saturated heterocycles. The average molecular weight is 288 g/mol. The zero-order valence-corrected chi connectivity index (χ0v) is 11.1. The number of carboxylic acid groups (broad SMARTS) is 1. The summed E-state index contributed by atoms with van der Waals surface area (Å²) in [6.45, 7) is 0. The van der Waals surface area contributed by atoms with Gasteiger partial charge in [-0.15, -0.1) is 0 Å². The molecule has 4 N–H and O–H groups in total. The van der Waals surface area contributed by atoms with Crippen molar-refractivity contribution in [1.29, 1.82) is 0 Å². The first-order valence-corrected chi connectivity index (χ1v) is 6.16. The number of carboxylic acids is 1. The summed E-state index contributed by atoms with van der Waals surface area (Å²) in [6.07, 6.45) is 0. The highest BCUT2D eigenvalue weighted by atomic mass is 32.1. The maximum absolute atomic E-state index is 10.9. The molecule has 0 bridgehead atoms. The molecule has 0 heterocycles. The van der Waals surface area contributed by atoms with Gasteiger partial charge in [0.25, 0.3) is 0 Å². The molecule has 0 radical (unpaired) electrons. The highest BCUT2D eigenvalue weighted by Gasteiger charge is 2.10. The zero-order chi connectivity index (χ0) is 14.5. The Morgan fingerprint density at radius 2 is 1.65 bits per heavy atom. The Labute approximate surface area is 120 Å². The standard InChI is InChI=1S/C14H12N2O3S/c17-12-7-6-10(8-11(12)13(18)19)16-14(20)15-9-4-2-1-3-5-9/h1-8,17H,(H,18,19)(H2,15,16,20). The summed E-state index contributed by atoms with van der Waals surface area (Å²) >= 11 is 5.13. The first-order valence-electron chi connectivity index (χ1n) is 5.75. The third-order valence-electron chi connectivity index (χ3n) is 2.52. The minimum absolute atomic E-state index is 0.183. The number of thiocarbonyl (C=S) groups is 1. The lowest BCUT2D eigenvalue weighted by atomic mass is 10.2. The van der Waals surface area contributed by atoms with Crippen molar-refractivity contribution in [2.75, 3.05) is 10.6 Å². The topological polar surface area (TPSA) is 81.6 Å². The summed E-state index contributed by atoms with van der Waals surface area (Å²) in [7, 11) is 0. The van der Waals surface area contributed by atoms with Crippen LogP contribution >= 0.6 is 12.2 Å². The number of nitrogens with one attached hydrogen (secondary N) is 2. The van der Waals surface area contributed by atoms with Gasteiger partial charge in [0.05, 0.1) is 0 Å². The molecule has 2 rings (SSSR count). The highest BCUT2D eigenvalue weighted by molar-refractivity contribution is 7.80. The molecule has 0 aliphatic heterocycles. The van der Waals surface area contributed by atoms with Crippen molar-refractivity contribution >= 4 is 34.7 Å². The Bertz CT molecular complexity index is 644. The minimum Gasteiger partial charge on any atom is -0.507 e. The van der Waals surface area contributed by atoms with E-state index in [-0.39, 0.29) is 11.3 Å². The summed E-state index contributed by atoms with van der Waals surface area (Å²) in [5.74, 6) is -1.49. The largest absolute Gasteiger partial charge is 0.507 e. The van der Waals surface area contributed by atoms with E-state index < -0.39 is 5.97 Å². The summed E-state index contributed by atoms with van der Waals surface area (Å²) < 4.78 is 0. The van der Waals surface area contributed by atoms with Gasteiger partial charge in [-0.05, 0) is 42.5 Å². The van der Waals surface area contributed by atoms with E-state index in [0.717, 1.165) is 5.69 Å². The number of phenols is 1. The first-order chi connectivity index (χ1) is 9.56. The molecular formula is C14H12N2O3S. The smallest absolute Gasteiger partial charge is 0.339 e. The number of hydrogen-bond donors (Lipinski definition) is 4. The fraction of sp³-hybridized carbons (Fsp3) is 0. The number of carbonyl (C=O) groups is 1. The van der Waals surface area contributed by atoms with E-state index in [0.29, 0.717) is 10.8 Å². The van der Waals surface area contributed by atoms with Crippen LogP contribution in [-0.4, -0.2) is 21.3 Å². The lowest BCUT2D eigenvalue weighted by Crippen LogP contribution is -2.19. The Kier molecular flexibility index (Phi) is 4.17. The number of aromatic hydroxyl groups is 1. The Morgan fingerprint density at radius 3 is 2.30 bits per heavy atom. The Morgan fingerprint density at radius 1 is 1.00 bits per heavy atom. The molecular weight excluding hydrogens is 276 g/mol. The molecule has 6 heteroatoms. The van der Waals surface area contributed by atoms with Gasteiger partial charge in [-0.2, -0.15) is 0 Å². The van der Waals surface area contributed by atoms with Crippen LogP contribution in [0.2, 0.25) is 0 Å². The van der Waals surface area contributed by atoms with Crippen LogP contribution in [0.3, 0.4) is 0 Å². The van der Waals surface area contributed by atoms with Gasteiger partial charge in [-0.25, -0.2) is 4.79 Å². The molecule has 0 atom stereocenters. The van der Waals surface area contributed by atoms with Crippen molar-refractivity contribution in [3.05, 3.63) is 54.1 Å². The van der Waals surface area contributed by atoms with Crippen molar-refractivity contribution < 1.29 is 15.0 Å². The summed E-state index contributed by atoms with van der Waals surface area (Å²) in [5, 5.41) is 24.5. The van der Waals surface area contributed by atoms with Gasteiger partial charge in [0.2, 0.25) is 0 Å². The summed E-state index contributed by atoms with van der Waals surface area (Å²) in [5.41, 5.74) is 1.12. The van der Waals surface area contributed by atoms with Gasteiger partial charge >= 0.3 is 5.97 Å². The van der Waals surface area contributed by atoms with Gasteiger partial charge in [0.15, 0.2) is 5.11 Å². The maximum Gasteiger partial charge on any atom is 0.339 e. The summed E-state index contributed by atoms with van der Waals surface area (Å²) in [6, 6.07) is 13.5. The van der Waals surface area contributed by atoms with Crippen LogP contribution in [0.4, 0.5) is 11.4 Å². The first kappa shape index (κ1) is 13.8. The van der Waals surface area contributed by atoms with Gasteiger partial charge in [-0.1, -0.05) is 18.2 Å². The molecule has 102 valence electrons. The van der Waals surface area contributed by atoms with Crippen molar-refractivity contribution in [2.45, 2.75) is 0 Å². The predicted octanol–water partition coefficient (Wildman–Crippen LogP) is 2.90. The van der Waals surface area contributed by atoms with Crippen molar-refractivity contribution in [1.82, 2.24) is 0 Å². The van der Waals surface area contributed by atoms with Crippen LogP contribution < -0.4 is 10.6 Å². The second-order valence-corrected chi connectivity index (χ2v) is 4.39. The van der Waals surface area contributed by atoms with E-state index in [2.05, 4.69) is 10.6 Å². The molecule has 5 nitrogen and oxygen atoms in total. The lowest BCUT2D eigenvalue weighted by Gasteiger charge is -2.11. The highest BCUT2D eigenvalue weighted by Crippen LogP contribution is 2.21. The van der Waals surface area contributed by atoms with Crippen LogP contribution in [0, 0.1) is 0 Å². The molecule has 0 spiro atoms. The van der Waals surface area contributed by atoms with E-state index in [1.54, 1.807) is 6.07 Å². The number of rotatable bonds is 3. The van der Waals surface area contributed by atoms with Crippen LogP contribution in [0.5, 0.6) is 5.75 Å². The molecule has 0 aliphatic carbocycles. The number of benzene rings is 2. The van der Waals surface area contributed by atoms with E-state index in [1.165, 1.54) is 12.1 Å². The predicted molar refractivity (Wildman–Crippen MR) is 81.4 cm³/mol. The number of hydrogen-bond acceptors (Lipinski definition) is 3. The van der Waals surface area contributed by atoms with Crippen LogP contribution in [-0.2, 0) is 0 Å². The zero-order valence-electron chi connectivity index (χ0n) is 10.3. The van der Waals surface area contributed by atoms with E-state index in [1.807, 2.05) is 30.3 Å². The second kappa shape index (κ2) is 6.03.